The molecule has 0 amide bonds. The monoisotopic (exact) mass is 321 g/mol. The molecular formula is C17H21ClFN3. The molecule has 1 aliphatic carbocycles. The van der Waals surface area contributed by atoms with Gasteiger partial charge in [-0.3, -0.25) is 0 Å². The Bertz CT molecular complexity index is 600. The van der Waals surface area contributed by atoms with Gasteiger partial charge in [-0.15, -0.1) is 0 Å². The van der Waals surface area contributed by atoms with E-state index in [9.17, 15) is 4.39 Å². The molecule has 0 radical (unpaired) electrons. The molecule has 0 aromatic carbocycles. The number of nitrogens with zero attached hydrogens (tertiary/aromatic N) is 2. The zero-order valence-corrected chi connectivity index (χ0v) is 13.9. The Morgan fingerprint density at radius 3 is 2.77 bits per heavy atom. The van der Waals surface area contributed by atoms with Crippen molar-refractivity contribution in [2.24, 2.45) is 0 Å². The number of anilines is 1. The molecule has 3 nitrogen and oxygen atoms in total. The van der Waals surface area contributed by atoms with Crippen LogP contribution in [0.1, 0.15) is 32.4 Å². The van der Waals surface area contributed by atoms with Gasteiger partial charge in [0.2, 0.25) is 5.95 Å². The summed E-state index contributed by atoms with van der Waals surface area (Å²) in [5.74, 6) is 0.521. The van der Waals surface area contributed by atoms with Crippen LogP contribution in [0.25, 0.3) is 0 Å². The van der Waals surface area contributed by atoms with Gasteiger partial charge in [-0.25, -0.2) is 14.4 Å². The summed E-state index contributed by atoms with van der Waals surface area (Å²) >= 11 is 5.95. The molecule has 1 N–H and O–H groups in total. The van der Waals surface area contributed by atoms with E-state index in [-0.39, 0.29) is 6.04 Å². The Kier molecular flexibility index (Phi) is 5.72. The molecule has 2 atom stereocenters. The van der Waals surface area contributed by atoms with Crippen LogP contribution in [0.5, 0.6) is 0 Å². The fraction of sp³-hybridized carbons (Fsp3) is 0.412. The SMILES string of the molecule is Cc1cc(Cl)nc(NC(C)C2=CC=C(CC(C)F)C=CC2)n1. The minimum atomic E-state index is -0.829. The van der Waals surface area contributed by atoms with Gasteiger partial charge >= 0.3 is 0 Å². The third-order valence-electron chi connectivity index (χ3n) is 3.44. The van der Waals surface area contributed by atoms with Gasteiger partial charge in [0.1, 0.15) is 11.3 Å². The Balaban J connectivity index is 2.09. The minimum Gasteiger partial charge on any atom is -0.348 e. The van der Waals surface area contributed by atoms with Crippen molar-refractivity contribution in [2.75, 3.05) is 5.32 Å². The number of allylic oxidation sites excluding steroid dienone is 5. The summed E-state index contributed by atoms with van der Waals surface area (Å²) in [6, 6.07) is 1.79. The highest BCUT2D eigenvalue weighted by Gasteiger charge is 2.11. The van der Waals surface area contributed by atoms with E-state index in [4.69, 9.17) is 11.6 Å². The highest BCUT2D eigenvalue weighted by molar-refractivity contribution is 6.29. The maximum atomic E-state index is 13.1. The lowest BCUT2D eigenvalue weighted by atomic mass is 10.1. The number of hydrogen-bond acceptors (Lipinski definition) is 3. The van der Waals surface area contributed by atoms with Crippen molar-refractivity contribution in [1.29, 1.82) is 0 Å². The van der Waals surface area contributed by atoms with E-state index >= 15 is 0 Å². The first-order valence-corrected chi connectivity index (χ1v) is 7.80. The fourth-order valence-electron chi connectivity index (χ4n) is 2.35. The molecule has 1 aliphatic rings. The molecule has 2 unspecified atom stereocenters. The normalized spacial score (nSPS) is 17.3. The topological polar surface area (TPSA) is 37.8 Å². The first kappa shape index (κ1) is 16.7. The molecule has 0 saturated heterocycles. The largest absolute Gasteiger partial charge is 0.348 e. The number of aromatic nitrogens is 2. The van der Waals surface area contributed by atoms with E-state index in [1.807, 2.05) is 25.2 Å². The quantitative estimate of drug-likeness (QED) is 0.792. The van der Waals surface area contributed by atoms with Gasteiger partial charge in [0.05, 0.1) is 0 Å². The van der Waals surface area contributed by atoms with Crippen LogP contribution in [0.3, 0.4) is 0 Å². The van der Waals surface area contributed by atoms with Crippen LogP contribution in [-0.2, 0) is 0 Å². The Hall–Kier alpha value is -1.68. The molecule has 118 valence electrons. The maximum Gasteiger partial charge on any atom is 0.224 e. The van der Waals surface area contributed by atoms with Crippen molar-refractivity contribution in [1.82, 2.24) is 9.97 Å². The summed E-state index contributed by atoms with van der Waals surface area (Å²) < 4.78 is 13.1. The summed E-state index contributed by atoms with van der Waals surface area (Å²) in [4.78, 5) is 8.51. The second-order valence-electron chi connectivity index (χ2n) is 5.60. The number of aryl methyl sites for hydroxylation is 1. The third-order valence-corrected chi connectivity index (χ3v) is 3.63. The third kappa shape index (κ3) is 4.95. The molecule has 1 aromatic rings. The Labute approximate surface area is 136 Å². The van der Waals surface area contributed by atoms with Crippen LogP contribution < -0.4 is 5.32 Å². The maximum absolute atomic E-state index is 13.1. The zero-order valence-electron chi connectivity index (χ0n) is 13.1. The minimum absolute atomic E-state index is 0.0703. The average molecular weight is 322 g/mol. The smallest absolute Gasteiger partial charge is 0.224 e. The molecule has 0 bridgehead atoms. The van der Waals surface area contributed by atoms with Gasteiger partial charge in [0.15, 0.2) is 0 Å². The predicted molar refractivity (Wildman–Crippen MR) is 90.0 cm³/mol. The summed E-state index contributed by atoms with van der Waals surface area (Å²) in [5, 5.41) is 3.69. The first-order valence-electron chi connectivity index (χ1n) is 7.42. The highest BCUT2D eigenvalue weighted by Crippen LogP contribution is 2.20. The van der Waals surface area contributed by atoms with Gasteiger partial charge < -0.3 is 5.32 Å². The molecule has 0 aliphatic heterocycles. The molecule has 0 fully saturated rings. The number of hydrogen-bond donors (Lipinski definition) is 1. The second kappa shape index (κ2) is 7.54. The number of alkyl halides is 1. The zero-order chi connectivity index (χ0) is 16.1. The molecule has 0 spiro atoms. The lowest BCUT2D eigenvalue weighted by molar-refractivity contribution is 0.361. The van der Waals surface area contributed by atoms with Crippen molar-refractivity contribution in [3.63, 3.8) is 0 Å². The second-order valence-corrected chi connectivity index (χ2v) is 5.98. The molecular weight excluding hydrogens is 301 g/mol. The van der Waals surface area contributed by atoms with Crippen LogP contribution in [0.2, 0.25) is 5.15 Å². The van der Waals surface area contributed by atoms with E-state index < -0.39 is 6.17 Å². The molecule has 22 heavy (non-hydrogen) atoms. The Morgan fingerprint density at radius 1 is 1.32 bits per heavy atom. The molecule has 1 aromatic heterocycles. The number of nitrogens with one attached hydrogen (secondary N) is 1. The molecule has 2 rings (SSSR count). The van der Waals surface area contributed by atoms with Crippen LogP contribution in [0.4, 0.5) is 10.3 Å². The summed E-state index contributed by atoms with van der Waals surface area (Å²) in [6.45, 7) is 5.51. The lowest BCUT2D eigenvalue weighted by Crippen LogP contribution is -2.19. The highest BCUT2D eigenvalue weighted by atomic mass is 35.5. The number of rotatable bonds is 5. The van der Waals surface area contributed by atoms with Crippen molar-refractivity contribution >= 4 is 17.5 Å². The molecule has 1 heterocycles. The number of halogens is 2. The standard InChI is InChI=1S/C17H21ClFN3/c1-11(19)9-14-5-4-6-15(8-7-14)13(3)21-17-20-12(2)10-16(18)22-17/h4-5,7-8,10-11,13H,6,9H2,1-3H3,(H,20,21,22). The summed E-state index contributed by atoms with van der Waals surface area (Å²) in [5.41, 5.74) is 3.02. The van der Waals surface area contributed by atoms with E-state index in [1.165, 1.54) is 5.57 Å². The van der Waals surface area contributed by atoms with Crippen molar-refractivity contribution < 1.29 is 4.39 Å². The van der Waals surface area contributed by atoms with Gasteiger partial charge in [-0.1, -0.05) is 35.9 Å². The van der Waals surface area contributed by atoms with E-state index in [1.54, 1.807) is 13.0 Å². The molecule has 5 heteroatoms. The van der Waals surface area contributed by atoms with Crippen molar-refractivity contribution in [3.05, 3.63) is 52.4 Å². The lowest BCUT2D eigenvalue weighted by Gasteiger charge is -2.16. The van der Waals surface area contributed by atoms with Crippen LogP contribution in [0.15, 0.2) is 41.5 Å². The molecule has 0 saturated carbocycles. The average Bonchev–Trinajstić information content (AvgIpc) is 2.62. The van der Waals surface area contributed by atoms with Gasteiger partial charge in [0.25, 0.3) is 0 Å². The van der Waals surface area contributed by atoms with Crippen molar-refractivity contribution in [3.8, 4) is 0 Å². The fourth-order valence-corrected chi connectivity index (χ4v) is 2.59. The van der Waals surface area contributed by atoms with Crippen LogP contribution in [-0.4, -0.2) is 22.2 Å². The van der Waals surface area contributed by atoms with E-state index in [0.717, 1.165) is 17.7 Å². The van der Waals surface area contributed by atoms with Gasteiger partial charge in [0, 0.05) is 18.2 Å². The Morgan fingerprint density at radius 2 is 2.09 bits per heavy atom. The first-order chi connectivity index (χ1) is 10.4. The van der Waals surface area contributed by atoms with Crippen LogP contribution >= 0.6 is 11.6 Å². The van der Waals surface area contributed by atoms with Crippen LogP contribution in [0, 0.1) is 6.92 Å². The van der Waals surface area contributed by atoms with E-state index in [2.05, 4.69) is 28.3 Å². The summed E-state index contributed by atoms with van der Waals surface area (Å²) in [7, 11) is 0. The van der Waals surface area contributed by atoms with Crippen molar-refractivity contribution in [2.45, 2.75) is 45.8 Å². The van der Waals surface area contributed by atoms with Gasteiger partial charge in [-0.2, -0.15) is 0 Å². The predicted octanol–water partition coefficient (Wildman–Crippen LogP) is 4.80. The van der Waals surface area contributed by atoms with Gasteiger partial charge in [-0.05, 0) is 44.4 Å². The van der Waals surface area contributed by atoms with E-state index in [0.29, 0.717) is 17.5 Å². The summed E-state index contributed by atoms with van der Waals surface area (Å²) in [6.07, 6.45) is 8.52.